The number of amides is 1. The minimum Gasteiger partial charge on any atom is -0.451 e. The van der Waals surface area contributed by atoms with Crippen molar-refractivity contribution in [2.45, 2.75) is 26.7 Å². The van der Waals surface area contributed by atoms with Gasteiger partial charge >= 0.3 is 5.97 Å². The summed E-state index contributed by atoms with van der Waals surface area (Å²) in [6.07, 6.45) is 1.86. The van der Waals surface area contributed by atoms with Gasteiger partial charge in [0.25, 0.3) is 11.6 Å². The third kappa shape index (κ3) is 4.87. The highest BCUT2D eigenvalue weighted by molar-refractivity contribution is 7.14. The molecule has 0 radical (unpaired) electrons. The van der Waals surface area contributed by atoms with Gasteiger partial charge in [-0.25, -0.2) is 4.79 Å². The number of carbonyl (C=O) groups excluding carboxylic acids is 2. The van der Waals surface area contributed by atoms with Gasteiger partial charge in [0.05, 0.1) is 4.92 Å². The maximum absolute atomic E-state index is 12.0. The third-order valence-corrected chi connectivity index (χ3v) is 4.52. The minimum atomic E-state index is -0.635. The van der Waals surface area contributed by atoms with E-state index in [-0.39, 0.29) is 11.4 Å². The first-order valence-corrected chi connectivity index (χ1v) is 8.53. The van der Waals surface area contributed by atoms with E-state index >= 15 is 0 Å². The van der Waals surface area contributed by atoms with Crippen LogP contribution in [0.3, 0.4) is 0 Å². The highest BCUT2D eigenvalue weighted by Crippen LogP contribution is 2.24. The van der Waals surface area contributed by atoms with Crippen LogP contribution in [0.1, 0.15) is 33.5 Å². The van der Waals surface area contributed by atoms with E-state index in [0.29, 0.717) is 4.88 Å². The van der Waals surface area contributed by atoms with Crippen LogP contribution in [-0.4, -0.2) is 23.4 Å². The van der Waals surface area contributed by atoms with Gasteiger partial charge in [-0.05, 0) is 31.0 Å². The fourth-order valence-electron chi connectivity index (χ4n) is 2.27. The van der Waals surface area contributed by atoms with Crippen LogP contribution in [-0.2, 0) is 16.0 Å². The molecule has 0 atom stereocenters. The molecule has 8 heteroatoms. The van der Waals surface area contributed by atoms with Crippen molar-refractivity contribution >= 4 is 34.6 Å². The number of aryl methyl sites for hydroxylation is 2. The van der Waals surface area contributed by atoms with Gasteiger partial charge in [0.15, 0.2) is 6.61 Å². The quantitative estimate of drug-likeness (QED) is 0.460. The van der Waals surface area contributed by atoms with Gasteiger partial charge in [0, 0.05) is 10.9 Å². The fraction of sp³-hybridized carbons (Fsp3) is 0.294. The Hall–Kier alpha value is -2.74. The number of rotatable bonds is 7. The number of carbonyl (C=O) groups is 2. The molecule has 1 aromatic carbocycles. The summed E-state index contributed by atoms with van der Waals surface area (Å²) in [6.45, 7) is 3.49. The number of nitrogens with one attached hydrogen (secondary N) is 1. The maximum atomic E-state index is 12.0. The molecule has 1 aromatic heterocycles. The van der Waals surface area contributed by atoms with Gasteiger partial charge in [-0.15, -0.1) is 11.3 Å². The minimum absolute atomic E-state index is 0.0609. The summed E-state index contributed by atoms with van der Waals surface area (Å²) in [5.41, 5.74) is 0.940. The molecular formula is C17H18N2O5S. The van der Waals surface area contributed by atoms with Gasteiger partial charge in [0.2, 0.25) is 0 Å². The first kappa shape index (κ1) is 18.6. The zero-order valence-corrected chi connectivity index (χ0v) is 14.7. The van der Waals surface area contributed by atoms with Crippen LogP contribution in [0.5, 0.6) is 0 Å². The number of hydrogen-bond donors (Lipinski definition) is 1. The zero-order valence-electron chi connectivity index (χ0n) is 13.9. The largest absolute Gasteiger partial charge is 0.451 e. The van der Waals surface area contributed by atoms with Crippen LogP contribution in [0, 0.1) is 17.0 Å². The second kappa shape index (κ2) is 8.39. The molecule has 0 aliphatic rings. The van der Waals surface area contributed by atoms with Crippen LogP contribution >= 0.6 is 11.3 Å². The van der Waals surface area contributed by atoms with Crippen molar-refractivity contribution in [3.8, 4) is 0 Å². The lowest BCUT2D eigenvalue weighted by molar-refractivity contribution is -0.383. The molecular weight excluding hydrogens is 344 g/mol. The molecule has 0 fully saturated rings. The number of benzene rings is 1. The highest BCUT2D eigenvalue weighted by Gasteiger charge is 2.17. The van der Waals surface area contributed by atoms with Crippen LogP contribution in [0.4, 0.5) is 11.4 Å². The van der Waals surface area contributed by atoms with Crippen LogP contribution < -0.4 is 5.32 Å². The second-order valence-electron chi connectivity index (χ2n) is 5.34. The van der Waals surface area contributed by atoms with Gasteiger partial charge in [-0.2, -0.15) is 0 Å². The normalized spacial score (nSPS) is 10.3. The van der Waals surface area contributed by atoms with Gasteiger partial charge in [-0.1, -0.05) is 25.5 Å². The van der Waals surface area contributed by atoms with Gasteiger partial charge < -0.3 is 10.1 Å². The number of thiophene rings is 1. The predicted octanol–water partition coefficient (Wildman–Crippen LogP) is 3.71. The monoisotopic (exact) mass is 362 g/mol. The van der Waals surface area contributed by atoms with Crippen molar-refractivity contribution in [3.05, 3.63) is 55.8 Å². The average Bonchev–Trinajstić information content (AvgIpc) is 2.94. The molecule has 0 saturated carbocycles. The molecule has 0 spiro atoms. The lowest BCUT2D eigenvalue weighted by Crippen LogP contribution is -2.21. The molecule has 0 aliphatic carbocycles. The highest BCUT2D eigenvalue weighted by atomic mass is 32.1. The number of nitro benzene ring substituents is 1. The van der Waals surface area contributed by atoms with Crippen molar-refractivity contribution < 1.29 is 19.2 Å². The molecule has 1 N–H and O–H groups in total. The van der Waals surface area contributed by atoms with Crippen molar-refractivity contribution in [2.24, 2.45) is 0 Å². The molecule has 132 valence electrons. The van der Waals surface area contributed by atoms with E-state index in [0.717, 1.165) is 23.3 Å². The molecule has 7 nitrogen and oxygen atoms in total. The lowest BCUT2D eigenvalue weighted by Gasteiger charge is -2.06. The molecule has 2 rings (SSSR count). The molecule has 1 amide bonds. The summed E-state index contributed by atoms with van der Waals surface area (Å²) in [5.74, 6) is -1.21. The first-order chi connectivity index (χ1) is 11.9. The topological polar surface area (TPSA) is 98.5 Å². The molecule has 0 bridgehead atoms. The molecule has 0 aliphatic heterocycles. The second-order valence-corrected chi connectivity index (χ2v) is 6.60. The summed E-state index contributed by atoms with van der Waals surface area (Å²) in [6, 6.07) is 7.55. The van der Waals surface area contributed by atoms with E-state index < -0.39 is 23.4 Å². The number of hydrogen-bond acceptors (Lipinski definition) is 6. The fourth-order valence-corrected chi connectivity index (χ4v) is 3.23. The Morgan fingerprint density at radius 3 is 2.72 bits per heavy atom. The standard InChI is InChI=1S/C17H18N2O5S/c1-3-6-12-9-15(25-11(12)2)17(21)24-10-16(20)18-13-7-4-5-8-14(13)19(22)23/h4-5,7-9H,3,6,10H2,1-2H3,(H,18,20). The van der Waals surface area contributed by atoms with E-state index in [9.17, 15) is 19.7 Å². The molecule has 2 aromatic rings. The molecule has 0 unspecified atom stereocenters. The Morgan fingerprint density at radius 1 is 1.32 bits per heavy atom. The smallest absolute Gasteiger partial charge is 0.348 e. The Labute approximate surface area is 148 Å². The summed E-state index contributed by atoms with van der Waals surface area (Å²) < 4.78 is 5.00. The van der Waals surface area contributed by atoms with Crippen molar-refractivity contribution in [1.82, 2.24) is 0 Å². The number of para-hydroxylation sites is 2. The number of anilines is 1. The van der Waals surface area contributed by atoms with E-state index in [1.54, 1.807) is 12.1 Å². The zero-order chi connectivity index (χ0) is 18.4. The third-order valence-electron chi connectivity index (χ3n) is 3.45. The van der Waals surface area contributed by atoms with E-state index in [2.05, 4.69) is 12.2 Å². The Morgan fingerprint density at radius 2 is 2.04 bits per heavy atom. The van der Waals surface area contributed by atoms with Crippen LogP contribution in [0.25, 0.3) is 0 Å². The molecule has 0 saturated heterocycles. The Balaban J connectivity index is 1.95. The SMILES string of the molecule is CCCc1cc(C(=O)OCC(=O)Nc2ccccc2[N+](=O)[O-])sc1C. The summed E-state index contributed by atoms with van der Waals surface area (Å²) in [5, 5.41) is 13.3. The van der Waals surface area contributed by atoms with Gasteiger partial charge in [-0.3, -0.25) is 14.9 Å². The van der Waals surface area contributed by atoms with Crippen molar-refractivity contribution in [2.75, 3.05) is 11.9 Å². The number of esters is 1. The van der Waals surface area contributed by atoms with Crippen LogP contribution in [0.2, 0.25) is 0 Å². The predicted molar refractivity (Wildman–Crippen MR) is 95.1 cm³/mol. The Bertz CT molecular complexity index is 800. The number of nitro groups is 1. The maximum Gasteiger partial charge on any atom is 0.348 e. The van der Waals surface area contributed by atoms with E-state index in [1.807, 2.05) is 6.92 Å². The summed E-state index contributed by atoms with van der Waals surface area (Å²) in [7, 11) is 0. The number of ether oxygens (including phenoxy) is 1. The average molecular weight is 362 g/mol. The van der Waals surface area contributed by atoms with Crippen LogP contribution in [0.15, 0.2) is 30.3 Å². The molecule has 1 heterocycles. The molecule has 25 heavy (non-hydrogen) atoms. The van der Waals surface area contributed by atoms with E-state index in [1.165, 1.54) is 29.5 Å². The first-order valence-electron chi connectivity index (χ1n) is 7.72. The van der Waals surface area contributed by atoms with Crippen molar-refractivity contribution in [1.29, 1.82) is 0 Å². The van der Waals surface area contributed by atoms with Crippen molar-refractivity contribution in [3.63, 3.8) is 0 Å². The van der Waals surface area contributed by atoms with Gasteiger partial charge in [0.1, 0.15) is 10.6 Å². The Kier molecular flexibility index (Phi) is 6.24. The lowest BCUT2D eigenvalue weighted by atomic mass is 10.1. The van der Waals surface area contributed by atoms with E-state index in [4.69, 9.17) is 4.74 Å². The summed E-state index contributed by atoms with van der Waals surface area (Å²) in [4.78, 5) is 35.8. The summed E-state index contributed by atoms with van der Waals surface area (Å²) >= 11 is 1.33. The number of nitrogens with zero attached hydrogens (tertiary/aromatic N) is 1.